The van der Waals surface area contributed by atoms with E-state index in [1.807, 2.05) is 0 Å². The monoisotopic (exact) mass is 407 g/mol. The number of benzene rings is 2. The molecule has 0 radical (unpaired) electrons. The van der Waals surface area contributed by atoms with E-state index >= 15 is 0 Å². The van der Waals surface area contributed by atoms with Gasteiger partial charge in [0.05, 0.1) is 17.1 Å². The molecule has 0 atom stereocenters. The fourth-order valence-corrected chi connectivity index (χ4v) is 3.56. The van der Waals surface area contributed by atoms with Gasteiger partial charge in [-0.1, -0.05) is 17.2 Å². The van der Waals surface area contributed by atoms with Crippen LogP contribution in [0.4, 0.5) is 14.8 Å². The Kier molecular flexibility index (Phi) is 5.78. The number of anilines is 1. The molecule has 3 rings (SSSR count). The summed E-state index contributed by atoms with van der Waals surface area (Å²) in [6.45, 7) is 0. The van der Waals surface area contributed by atoms with Gasteiger partial charge in [-0.15, -0.1) is 5.10 Å². The number of rotatable bonds is 7. The van der Waals surface area contributed by atoms with Crippen LogP contribution in [0.15, 0.2) is 57.8 Å². The lowest BCUT2D eigenvalue weighted by atomic mass is 10.1. The normalized spacial score (nSPS) is 11.4. The molecule has 7 nitrogen and oxygen atoms in total. The molecule has 0 saturated carbocycles. The minimum Gasteiger partial charge on any atom is -0.407 e. The maximum Gasteiger partial charge on any atom is 0.322 e. The number of carbonyl (C=O) groups is 1. The number of hydrogen-bond donors (Lipinski definition) is 1. The first-order valence-corrected chi connectivity index (χ1v) is 9.82. The van der Waals surface area contributed by atoms with Crippen LogP contribution in [0.25, 0.3) is 0 Å². The molecule has 0 spiro atoms. The smallest absolute Gasteiger partial charge is 0.322 e. The number of carbonyl (C=O) groups excluding carboxylic acids is 1. The third-order valence-corrected chi connectivity index (χ3v) is 5.48. The zero-order chi connectivity index (χ0) is 20.1. The van der Waals surface area contributed by atoms with Gasteiger partial charge in [0.2, 0.25) is 11.8 Å². The summed E-state index contributed by atoms with van der Waals surface area (Å²) in [4.78, 5) is 11.9. The number of sulfone groups is 1. The Morgan fingerprint density at radius 1 is 0.964 bits per heavy atom. The number of nitrogens with one attached hydrogen (secondary N) is 1. The molecule has 28 heavy (non-hydrogen) atoms. The van der Waals surface area contributed by atoms with Gasteiger partial charge in [0, 0.05) is 6.42 Å². The average Bonchev–Trinajstić information content (AvgIpc) is 3.09. The van der Waals surface area contributed by atoms with Crippen LogP contribution in [0.5, 0.6) is 0 Å². The van der Waals surface area contributed by atoms with Crippen LogP contribution in [0, 0.1) is 11.6 Å². The fraction of sp³-hybridized carbons (Fsp3) is 0.167. The first-order chi connectivity index (χ1) is 13.3. The van der Waals surface area contributed by atoms with E-state index in [1.165, 1.54) is 12.1 Å². The molecule has 0 bridgehead atoms. The summed E-state index contributed by atoms with van der Waals surface area (Å²) in [6.07, 6.45) is -0.0858. The lowest BCUT2D eigenvalue weighted by Crippen LogP contribution is -2.17. The highest BCUT2D eigenvalue weighted by molar-refractivity contribution is 7.91. The zero-order valence-electron chi connectivity index (χ0n) is 14.4. The first-order valence-electron chi connectivity index (χ1n) is 8.17. The van der Waals surface area contributed by atoms with Crippen LogP contribution in [0.3, 0.4) is 0 Å². The Morgan fingerprint density at radius 2 is 1.57 bits per heavy atom. The van der Waals surface area contributed by atoms with Gasteiger partial charge in [0.15, 0.2) is 9.84 Å². The van der Waals surface area contributed by atoms with Crippen molar-refractivity contribution < 1.29 is 26.4 Å². The topological polar surface area (TPSA) is 102 Å². The van der Waals surface area contributed by atoms with Gasteiger partial charge >= 0.3 is 6.01 Å². The Labute approximate surface area is 159 Å². The van der Waals surface area contributed by atoms with Crippen LogP contribution in [-0.4, -0.2) is 30.3 Å². The highest BCUT2D eigenvalue weighted by Crippen LogP contribution is 2.15. The van der Waals surface area contributed by atoms with Gasteiger partial charge in [-0.2, -0.15) is 0 Å². The van der Waals surface area contributed by atoms with E-state index in [1.54, 1.807) is 12.1 Å². The third kappa shape index (κ3) is 5.19. The van der Waals surface area contributed by atoms with Crippen molar-refractivity contribution in [3.05, 3.63) is 71.6 Å². The van der Waals surface area contributed by atoms with Crippen molar-refractivity contribution in [2.75, 3.05) is 11.1 Å². The summed E-state index contributed by atoms with van der Waals surface area (Å²) in [5.41, 5.74) is 0.744. The van der Waals surface area contributed by atoms with Crippen molar-refractivity contribution in [1.29, 1.82) is 0 Å². The van der Waals surface area contributed by atoms with Crippen molar-refractivity contribution in [2.24, 2.45) is 0 Å². The van der Waals surface area contributed by atoms with Gasteiger partial charge in [-0.25, -0.2) is 17.2 Å². The van der Waals surface area contributed by atoms with Crippen LogP contribution >= 0.6 is 0 Å². The first kappa shape index (κ1) is 19.6. The molecule has 0 saturated heterocycles. The second kappa shape index (κ2) is 8.26. The van der Waals surface area contributed by atoms with Crippen molar-refractivity contribution in [3.8, 4) is 0 Å². The molecule has 0 unspecified atom stereocenters. The minimum atomic E-state index is -3.73. The molecule has 0 aliphatic rings. The third-order valence-electron chi connectivity index (χ3n) is 3.75. The summed E-state index contributed by atoms with van der Waals surface area (Å²) >= 11 is 0. The molecule has 0 fully saturated rings. The molecule has 146 valence electrons. The number of hydrogen-bond acceptors (Lipinski definition) is 6. The Bertz CT molecular complexity index is 1060. The van der Waals surface area contributed by atoms with Gasteiger partial charge in [-0.05, 0) is 42.0 Å². The molecule has 10 heteroatoms. The molecule has 0 aliphatic heterocycles. The summed E-state index contributed by atoms with van der Waals surface area (Å²) in [6, 6.07) is 9.93. The molecular formula is C18H15F2N3O4S. The summed E-state index contributed by atoms with van der Waals surface area (Å²) in [7, 11) is -3.73. The molecule has 1 heterocycles. The number of nitrogens with zero attached hydrogens (tertiary/aromatic N) is 2. The Morgan fingerprint density at radius 3 is 2.21 bits per heavy atom. The second-order valence-corrected chi connectivity index (χ2v) is 7.98. The van der Waals surface area contributed by atoms with Crippen LogP contribution in [-0.2, 0) is 21.1 Å². The van der Waals surface area contributed by atoms with Gasteiger partial charge in [0.1, 0.15) is 11.6 Å². The highest BCUT2D eigenvalue weighted by Gasteiger charge is 2.18. The fourth-order valence-electron chi connectivity index (χ4n) is 2.32. The van der Waals surface area contributed by atoms with Crippen molar-refractivity contribution >= 4 is 21.8 Å². The maximum absolute atomic E-state index is 12.9. The Hall–Kier alpha value is -3.14. The van der Waals surface area contributed by atoms with Crippen molar-refractivity contribution in [2.45, 2.75) is 17.7 Å². The minimum absolute atomic E-state index is 0.0684. The Balaban J connectivity index is 1.54. The summed E-state index contributed by atoms with van der Waals surface area (Å²) in [5, 5.41) is 9.77. The SMILES string of the molecule is O=C(CCS(=O)(=O)c1ccc(F)cc1)Nc1nnc(Cc2ccc(F)cc2)o1. The lowest BCUT2D eigenvalue weighted by molar-refractivity contribution is -0.116. The van der Waals surface area contributed by atoms with E-state index in [4.69, 9.17) is 4.42 Å². The number of halogens is 2. The zero-order valence-corrected chi connectivity index (χ0v) is 15.2. The molecule has 3 aromatic rings. The predicted octanol–water partition coefficient (Wildman–Crippen LogP) is 2.74. The average molecular weight is 407 g/mol. The quantitative estimate of drug-likeness (QED) is 0.604. The molecule has 1 N–H and O–H groups in total. The van der Waals surface area contributed by atoms with E-state index in [0.717, 1.165) is 29.8 Å². The molecule has 0 aliphatic carbocycles. The van der Waals surface area contributed by atoms with Crippen LogP contribution < -0.4 is 5.32 Å². The summed E-state index contributed by atoms with van der Waals surface area (Å²) in [5.74, 6) is -1.79. The standard InChI is InChI=1S/C18H15F2N3O4S/c19-13-3-1-12(2-4-13)11-17-22-23-18(27-17)21-16(24)9-10-28(25,26)15-7-5-14(20)6-8-15/h1-8H,9-11H2,(H,21,23,24). The highest BCUT2D eigenvalue weighted by atomic mass is 32.2. The summed E-state index contributed by atoms with van der Waals surface area (Å²) < 4.78 is 55.4. The van der Waals surface area contributed by atoms with Crippen molar-refractivity contribution in [3.63, 3.8) is 0 Å². The van der Waals surface area contributed by atoms with Crippen molar-refractivity contribution in [1.82, 2.24) is 10.2 Å². The van der Waals surface area contributed by atoms with Gasteiger partial charge in [0.25, 0.3) is 0 Å². The van der Waals surface area contributed by atoms with E-state index in [-0.39, 0.29) is 35.5 Å². The largest absolute Gasteiger partial charge is 0.407 e. The van der Waals surface area contributed by atoms with Crippen LogP contribution in [0.2, 0.25) is 0 Å². The molecule has 2 aromatic carbocycles. The van der Waals surface area contributed by atoms with E-state index in [9.17, 15) is 22.0 Å². The van der Waals surface area contributed by atoms with E-state index in [0.29, 0.717) is 0 Å². The van der Waals surface area contributed by atoms with Gasteiger partial charge in [-0.3, -0.25) is 10.1 Å². The second-order valence-electron chi connectivity index (χ2n) is 5.88. The maximum atomic E-state index is 12.9. The molecular weight excluding hydrogens is 392 g/mol. The molecule has 1 amide bonds. The van der Waals surface area contributed by atoms with E-state index in [2.05, 4.69) is 15.5 Å². The number of aromatic nitrogens is 2. The lowest BCUT2D eigenvalue weighted by Gasteiger charge is -2.04. The van der Waals surface area contributed by atoms with Gasteiger partial charge < -0.3 is 4.42 Å². The van der Waals surface area contributed by atoms with Crippen LogP contribution in [0.1, 0.15) is 17.9 Å². The molecule has 1 aromatic heterocycles. The number of amides is 1. The van der Waals surface area contributed by atoms with E-state index < -0.39 is 27.3 Å². The predicted molar refractivity (Wildman–Crippen MR) is 95.2 cm³/mol.